The Bertz CT molecular complexity index is 561. The van der Waals surface area contributed by atoms with Crippen LogP contribution < -0.4 is 5.32 Å². The number of carbonyl (C=O) groups excluding carboxylic acids is 1. The van der Waals surface area contributed by atoms with Crippen molar-refractivity contribution < 1.29 is 4.79 Å². The molecule has 0 aliphatic rings. The first-order valence-electron chi connectivity index (χ1n) is 5.75. The van der Waals surface area contributed by atoms with Crippen molar-refractivity contribution in [1.82, 2.24) is 15.2 Å². The van der Waals surface area contributed by atoms with Crippen LogP contribution in [0.4, 0.5) is 5.82 Å². The number of aryl methyl sites for hydroxylation is 4. The van der Waals surface area contributed by atoms with Gasteiger partial charge in [0.25, 0.3) is 5.91 Å². The van der Waals surface area contributed by atoms with Crippen molar-refractivity contribution in [2.45, 2.75) is 27.7 Å². The van der Waals surface area contributed by atoms with Crippen LogP contribution in [0.15, 0.2) is 12.1 Å². The Kier molecular flexibility index (Phi) is 3.14. The lowest BCUT2D eigenvalue weighted by Gasteiger charge is -2.06. The van der Waals surface area contributed by atoms with Gasteiger partial charge in [-0.2, -0.15) is 5.10 Å². The maximum absolute atomic E-state index is 12.1. The average molecular weight is 244 g/mol. The van der Waals surface area contributed by atoms with Gasteiger partial charge in [0.1, 0.15) is 5.82 Å². The normalized spacial score (nSPS) is 10.4. The van der Waals surface area contributed by atoms with E-state index in [9.17, 15) is 4.79 Å². The number of aromatic nitrogens is 3. The number of aromatic amines is 1. The van der Waals surface area contributed by atoms with E-state index in [2.05, 4.69) is 20.5 Å². The molecule has 2 rings (SSSR count). The van der Waals surface area contributed by atoms with Crippen LogP contribution in [0.5, 0.6) is 0 Å². The van der Waals surface area contributed by atoms with E-state index in [4.69, 9.17) is 0 Å². The van der Waals surface area contributed by atoms with Gasteiger partial charge in [-0.3, -0.25) is 9.89 Å². The molecule has 0 aliphatic carbocycles. The van der Waals surface area contributed by atoms with E-state index in [-0.39, 0.29) is 5.91 Å². The van der Waals surface area contributed by atoms with E-state index in [1.807, 2.05) is 32.9 Å². The molecule has 0 unspecified atom stereocenters. The fourth-order valence-corrected chi connectivity index (χ4v) is 1.97. The zero-order chi connectivity index (χ0) is 13.3. The Balaban J connectivity index is 2.27. The third-order valence-electron chi connectivity index (χ3n) is 2.69. The molecule has 94 valence electrons. The quantitative estimate of drug-likeness (QED) is 0.851. The topological polar surface area (TPSA) is 70.7 Å². The summed E-state index contributed by atoms with van der Waals surface area (Å²) in [6, 6.07) is 3.81. The number of hydrogen-bond donors (Lipinski definition) is 2. The van der Waals surface area contributed by atoms with Gasteiger partial charge in [-0.05, 0) is 45.4 Å². The second kappa shape index (κ2) is 4.60. The Morgan fingerprint density at radius 1 is 1.22 bits per heavy atom. The Morgan fingerprint density at radius 2 is 1.94 bits per heavy atom. The molecule has 5 nitrogen and oxygen atoms in total. The number of nitrogens with one attached hydrogen (secondary N) is 2. The van der Waals surface area contributed by atoms with Crippen LogP contribution in [0.1, 0.15) is 33.0 Å². The Hall–Kier alpha value is -2.17. The minimum Gasteiger partial charge on any atom is -0.306 e. The predicted octanol–water partition coefficient (Wildman–Crippen LogP) is 2.29. The molecular weight excluding hydrogens is 228 g/mol. The summed E-state index contributed by atoms with van der Waals surface area (Å²) >= 11 is 0. The number of H-pyrrole nitrogens is 1. The van der Waals surface area contributed by atoms with Crippen molar-refractivity contribution in [1.29, 1.82) is 0 Å². The number of carbonyl (C=O) groups is 1. The molecule has 18 heavy (non-hydrogen) atoms. The first-order valence-corrected chi connectivity index (χ1v) is 5.75. The lowest BCUT2D eigenvalue weighted by atomic mass is 10.2. The van der Waals surface area contributed by atoms with Gasteiger partial charge >= 0.3 is 0 Å². The zero-order valence-corrected chi connectivity index (χ0v) is 11.0. The summed E-state index contributed by atoms with van der Waals surface area (Å²) in [6.45, 7) is 7.49. The van der Waals surface area contributed by atoms with Crippen LogP contribution in [0.2, 0.25) is 0 Å². The molecule has 0 aromatic carbocycles. The molecule has 0 radical (unpaired) electrons. The maximum atomic E-state index is 12.1. The standard InChI is InChI=1S/C13H16N4O/c1-7-5-8(2)14-11(6-7)15-13(18)12-9(3)16-17-10(12)4/h5-6H,1-4H3,(H,16,17)(H,14,15,18). The third kappa shape index (κ3) is 2.40. The number of anilines is 1. The van der Waals surface area contributed by atoms with Crippen LogP contribution in [0.25, 0.3) is 0 Å². The van der Waals surface area contributed by atoms with Crippen LogP contribution in [0, 0.1) is 27.7 Å². The monoisotopic (exact) mass is 244 g/mol. The molecule has 0 bridgehead atoms. The summed E-state index contributed by atoms with van der Waals surface area (Å²) in [4.78, 5) is 16.4. The average Bonchev–Trinajstić information content (AvgIpc) is 2.56. The highest BCUT2D eigenvalue weighted by molar-refractivity contribution is 6.05. The minimum atomic E-state index is -0.184. The molecule has 0 aliphatic heterocycles. The van der Waals surface area contributed by atoms with Gasteiger partial charge in [0.2, 0.25) is 0 Å². The van der Waals surface area contributed by atoms with Crippen LogP contribution in [0.3, 0.4) is 0 Å². The van der Waals surface area contributed by atoms with Crippen LogP contribution in [-0.2, 0) is 0 Å². The summed E-state index contributed by atoms with van der Waals surface area (Å²) in [7, 11) is 0. The first-order chi connectivity index (χ1) is 8.47. The first kappa shape index (κ1) is 12.3. The predicted molar refractivity (Wildman–Crippen MR) is 69.7 cm³/mol. The molecule has 2 heterocycles. The molecule has 2 aromatic rings. The maximum Gasteiger partial charge on any atom is 0.260 e. The molecule has 0 spiro atoms. The van der Waals surface area contributed by atoms with Gasteiger partial charge in [0.15, 0.2) is 0 Å². The molecule has 0 saturated heterocycles. The summed E-state index contributed by atoms with van der Waals surface area (Å²) in [6.07, 6.45) is 0. The number of amides is 1. The van der Waals surface area contributed by atoms with Gasteiger partial charge < -0.3 is 5.32 Å². The number of pyridine rings is 1. The van der Waals surface area contributed by atoms with Gasteiger partial charge in [-0.1, -0.05) is 0 Å². The SMILES string of the molecule is Cc1cc(C)nc(NC(=O)c2c(C)n[nH]c2C)c1. The van der Waals surface area contributed by atoms with Crippen molar-refractivity contribution in [3.63, 3.8) is 0 Å². The highest BCUT2D eigenvalue weighted by Crippen LogP contribution is 2.14. The molecule has 2 N–H and O–H groups in total. The zero-order valence-electron chi connectivity index (χ0n) is 11.0. The minimum absolute atomic E-state index is 0.184. The second-order valence-corrected chi connectivity index (χ2v) is 4.43. The number of hydrogen-bond acceptors (Lipinski definition) is 3. The fourth-order valence-electron chi connectivity index (χ4n) is 1.97. The van der Waals surface area contributed by atoms with Crippen molar-refractivity contribution >= 4 is 11.7 Å². The van der Waals surface area contributed by atoms with Crippen molar-refractivity contribution in [3.8, 4) is 0 Å². The lowest BCUT2D eigenvalue weighted by molar-refractivity contribution is 0.102. The summed E-state index contributed by atoms with van der Waals surface area (Å²) in [5.41, 5.74) is 3.98. The third-order valence-corrected chi connectivity index (χ3v) is 2.69. The molecule has 0 atom stereocenters. The Morgan fingerprint density at radius 3 is 2.50 bits per heavy atom. The van der Waals surface area contributed by atoms with Gasteiger partial charge in [-0.15, -0.1) is 0 Å². The van der Waals surface area contributed by atoms with E-state index in [1.165, 1.54) is 0 Å². The number of nitrogens with zero attached hydrogens (tertiary/aromatic N) is 2. The van der Waals surface area contributed by atoms with E-state index < -0.39 is 0 Å². The lowest BCUT2D eigenvalue weighted by Crippen LogP contribution is -2.15. The van der Waals surface area contributed by atoms with E-state index in [0.717, 1.165) is 17.0 Å². The van der Waals surface area contributed by atoms with Crippen molar-refractivity contribution in [2.24, 2.45) is 0 Å². The van der Waals surface area contributed by atoms with Crippen LogP contribution >= 0.6 is 0 Å². The largest absolute Gasteiger partial charge is 0.306 e. The Labute approximate surface area is 106 Å². The molecule has 0 fully saturated rings. The summed E-state index contributed by atoms with van der Waals surface area (Å²) in [5, 5.41) is 9.60. The summed E-state index contributed by atoms with van der Waals surface area (Å²) in [5.74, 6) is 0.383. The molecule has 2 aromatic heterocycles. The van der Waals surface area contributed by atoms with Crippen molar-refractivity contribution in [2.75, 3.05) is 5.32 Å². The highest BCUT2D eigenvalue weighted by Gasteiger charge is 2.15. The fraction of sp³-hybridized carbons (Fsp3) is 0.308. The van der Waals surface area contributed by atoms with Gasteiger partial charge in [0, 0.05) is 11.4 Å². The van der Waals surface area contributed by atoms with Gasteiger partial charge in [0.05, 0.1) is 11.3 Å². The van der Waals surface area contributed by atoms with E-state index >= 15 is 0 Å². The molecule has 1 amide bonds. The molecule has 0 saturated carbocycles. The molecular formula is C13H16N4O. The van der Waals surface area contributed by atoms with Crippen LogP contribution in [-0.4, -0.2) is 21.1 Å². The van der Waals surface area contributed by atoms with E-state index in [0.29, 0.717) is 17.1 Å². The summed E-state index contributed by atoms with van der Waals surface area (Å²) < 4.78 is 0. The van der Waals surface area contributed by atoms with E-state index in [1.54, 1.807) is 6.92 Å². The second-order valence-electron chi connectivity index (χ2n) is 4.43. The van der Waals surface area contributed by atoms with Gasteiger partial charge in [-0.25, -0.2) is 4.98 Å². The highest BCUT2D eigenvalue weighted by atomic mass is 16.1. The smallest absolute Gasteiger partial charge is 0.260 e. The number of rotatable bonds is 2. The van der Waals surface area contributed by atoms with Crippen molar-refractivity contribution in [3.05, 3.63) is 40.3 Å². The molecule has 5 heteroatoms.